The lowest BCUT2D eigenvalue weighted by Crippen LogP contribution is -2.21. The lowest BCUT2D eigenvalue weighted by Gasteiger charge is -2.08. The van der Waals surface area contributed by atoms with Crippen LogP contribution in [-0.2, 0) is 4.79 Å². The summed E-state index contributed by atoms with van der Waals surface area (Å²) in [5.74, 6) is -1.67. The third-order valence-corrected chi connectivity index (χ3v) is 2.65. The Bertz CT molecular complexity index is 601. The van der Waals surface area contributed by atoms with Crippen molar-refractivity contribution in [3.63, 3.8) is 0 Å². The number of carbonyl (C=O) groups excluding carboxylic acids is 1. The van der Waals surface area contributed by atoms with Crippen LogP contribution in [0.15, 0.2) is 42.5 Å². The minimum atomic E-state index is -0.688. The Morgan fingerprint density at radius 2 is 1.65 bits per heavy atom. The van der Waals surface area contributed by atoms with E-state index in [2.05, 4.69) is 10.6 Å². The smallest absolute Gasteiger partial charge is 0.243 e. The van der Waals surface area contributed by atoms with Crippen LogP contribution in [0.1, 0.15) is 8.42 Å². The number of rotatable bonds is 4. The molecule has 0 saturated heterocycles. The highest BCUT2D eigenvalue weighted by molar-refractivity contribution is 5.93. The highest BCUT2D eigenvalue weighted by Gasteiger charge is 2.04. The van der Waals surface area contributed by atoms with Crippen LogP contribution >= 0.6 is 0 Å². The molecular formula is C15H18F2N2O. The van der Waals surface area contributed by atoms with E-state index in [9.17, 15) is 13.6 Å². The minimum Gasteiger partial charge on any atom is -0.376 e. The summed E-state index contributed by atoms with van der Waals surface area (Å²) in [5.41, 5.74) is 1.99. The summed E-state index contributed by atoms with van der Waals surface area (Å²) in [6.07, 6.45) is 0. The summed E-state index contributed by atoms with van der Waals surface area (Å²) in [4.78, 5) is 11.7. The van der Waals surface area contributed by atoms with E-state index in [1.165, 1.54) is 0 Å². The van der Waals surface area contributed by atoms with Gasteiger partial charge in [-0.3, -0.25) is 4.79 Å². The van der Waals surface area contributed by atoms with Crippen molar-refractivity contribution in [1.29, 1.82) is 0 Å². The van der Waals surface area contributed by atoms with Crippen molar-refractivity contribution in [2.24, 2.45) is 0 Å². The van der Waals surface area contributed by atoms with Gasteiger partial charge in [-0.2, -0.15) is 0 Å². The first-order chi connectivity index (χ1) is 9.52. The van der Waals surface area contributed by atoms with Crippen LogP contribution < -0.4 is 10.6 Å². The molecule has 0 spiro atoms. The zero-order chi connectivity index (χ0) is 14.5. The molecule has 1 amide bonds. The number of carbonyl (C=O) groups is 1. The fourth-order valence-corrected chi connectivity index (χ4v) is 1.68. The lowest BCUT2D eigenvalue weighted by atomic mass is 10.2. The molecule has 0 aliphatic rings. The Labute approximate surface area is 118 Å². The predicted molar refractivity (Wildman–Crippen MR) is 78.9 cm³/mol. The van der Waals surface area contributed by atoms with Crippen LogP contribution in [0.3, 0.4) is 0 Å². The average Bonchev–Trinajstić information content (AvgIpc) is 2.38. The quantitative estimate of drug-likeness (QED) is 0.894. The number of aryl methyl sites for hydroxylation is 1. The lowest BCUT2D eigenvalue weighted by molar-refractivity contribution is -0.114. The van der Waals surface area contributed by atoms with Crippen LogP contribution in [0.4, 0.5) is 20.2 Å². The Balaban J connectivity index is 0.00000220. The third kappa shape index (κ3) is 4.05. The van der Waals surface area contributed by atoms with Crippen molar-refractivity contribution in [3.05, 3.63) is 59.7 Å². The van der Waals surface area contributed by atoms with Gasteiger partial charge in [-0.25, -0.2) is 8.78 Å². The van der Waals surface area contributed by atoms with Gasteiger partial charge in [0.25, 0.3) is 0 Å². The Kier molecular flexibility index (Phi) is 4.30. The van der Waals surface area contributed by atoms with E-state index in [1.54, 1.807) is 12.1 Å². The fourth-order valence-electron chi connectivity index (χ4n) is 1.68. The number of halogens is 2. The normalized spacial score (nSPS) is 10.2. The van der Waals surface area contributed by atoms with Gasteiger partial charge < -0.3 is 10.6 Å². The van der Waals surface area contributed by atoms with Gasteiger partial charge in [0.1, 0.15) is 11.6 Å². The zero-order valence-corrected chi connectivity index (χ0v) is 10.9. The molecule has 20 heavy (non-hydrogen) atoms. The zero-order valence-electron chi connectivity index (χ0n) is 10.9. The molecule has 2 aromatic carbocycles. The third-order valence-electron chi connectivity index (χ3n) is 2.65. The second-order valence-corrected chi connectivity index (χ2v) is 4.43. The maximum atomic E-state index is 13.0. The molecule has 0 saturated carbocycles. The number of amides is 1. The van der Waals surface area contributed by atoms with Crippen molar-refractivity contribution in [1.82, 2.24) is 0 Å². The van der Waals surface area contributed by atoms with Crippen LogP contribution in [0.5, 0.6) is 0 Å². The number of benzene rings is 2. The van der Waals surface area contributed by atoms with Crippen LogP contribution in [0.25, 0.3) is 0 Å². The van der Waals surface area contributed by atoms with Gasteiger partial charge in [0.15, 0.2) is 0 Å². The number of hydrogen-bond acceptors (Lipinski definition) is 2. The molecule has 0 aliphatic heterocycles. The highest BCUT2D eigenvalue weighted by atomic mass is 19.1. The minimum absolute atomic E-state index is 0. The van der Waals surface area contributed by atoms with Gasteiger partial charge in [0.05, 0.1) is 6.54 Å². The number of anilines is 2. The predicted octanol–water partition coefficient (Wildman–Crippen LogP) is 3.82. The second-order valence-electron chi connectivity index (χ2n) is 4.43. The van der Waals surface area contributed by atoms with E-state index in [0.29, 0.717) is 5.69 Å². The van der Waals surface area contributed by atoms with E-state index in [1.807, 2.05) is 19.1 Å². The van der Waals surface area contributed by atoms with Gasteiger partial charge in [0, 0.05) is 20.3 Å². The Morgan fingerprint density at radius 3 is 2.25 bits per heavy atom. The molecular weight excluding hydrogens is 262 g/mol. The second kappa shape index (κ2) is 6.14. The van der Waals surface area contributed by atoms with Crippen LogP contribution in [0, 0.1) is 18.6 Å². The Morgan fingerprint density at radius 1 is 1.05 bits per heavy atom. The molecule has 5 heteroatoms. The molecule has 108 valence electrons. The first-order valence-corrected chi connectivity index (χ1v) is 6.09. The first kappa shape index (κ1) is 14.0. The van der Waals surface area contributed by atoms with Crippen molar-refractivity contribution in [3.8, 4) is 0 Å². The standard InChI is InChI=1S/C15H14F2N2O.2H2/c1-10-2-4-13(5-3-10)19-15(20)9-18-14-7-11(16)6-12(17)8-14;;/h2-8,18H,9H2,1H3,(H,19,20);2*1H. The van der Waals surface area contributed by atoms with Crippen molar-refractivity contribution >= 4 is 17.3 Å². The van der Waals surface area contributed by atoms with Gasteiger partial charge in [-0.1, -0.05) is 17.7 Å². The molecule has 2 aromatic rings. The molecule has 0 aromatic heterocycles. The summed E-state index contributed by atoms with van der Waals surface area (Å²) < 4.78 is 25.9. The van der Waals surface area contributed by atoms with Gasteiger partial charge in [0.2, 0.25) is 5.91 Å². The Hall–Kier alpha value is -2.43. The topological polar surface area (TPSA) is 41.1 Å². The number of nitrogens with one attached hydrogen (secondary N) is 2. The molecule has 2 N–H and O–H groups in total. The molecule has 0 atom stereocenters. The van der Waals surface area contributed by atoms with Gasteiger partial charge in [-0.05, 0) is 31.2 Å². The van der Waals surface area contributed by atoms with E-state index in [-0.39, 0.29) is 21.0 Å². The van der Waals surface area contributed by atoms with Crippen LogP contribution in [0.2, 0.25) is 0 Å². The summed E-state index contributed by atoms with van der Waals surface area (Å²) >= 11 is 0. The van der Waals surface area contributed by atoms with E-state index < -0.39 is 11.6 Å². The molecule has 0 aliphatic carbocycles. The van der Waals surface area contributed by atoms with Crippen molar-refractivity contribution < 1.29 is 16.4 Å². The van der Waals surface area contributed by atoms with E-state index in [0.717, 1.165) is 23.8 Å². The molecule has 2 rings (SSSR count). The summed E-state index contributed by atoms with van der Waals surface area (Å²) in [7, 11) is 0. The molecule has 0 bridgehead atoms. The summed E-state index contributed by atoms with van der Waals surface area (Å²) in [5, 5.41) is 5.35. The largest absolute Gasteiger partial charge is 0.376 e. The molecule has 0 heterocycles. The number of hydrogen-bond donors (Lipinski definition) is 2. The SMILES string of the molecule is Cc1ccc(NC(=O)CNc2cc(F)cc(F)c2)cc1.[HH].[HH]. The molecule has 0 fully saturated rings. The highest BCUT2D eigenvalue weighted by Crippen LogP contribution is 2.13. The summed E-state index contributed by atoms with van der Waals surface area (Å²) in [6, 6.07) is 10.4. The van der Waals surface area contributed by atoms with Crippen LogP contribution in [-0.4, -0.2) is 12.5 Å². The fraction of sp³-hybridized carbons (Fsp3) is 0.133. The van der Waals surface area contributed by atoms with E-state index in [4.69, 9.17) is 0 Å². The first-order valence-electron chi connectivity index (χ1n) is 6.09. The summed E-state index contributed by atoms with van der Waals surface area (Å²) in [6.45, 7) is 1.88. The monoisotopic (exact) mass is 280 g/mol. The maximum Gasteiger partial charge on any atom is 0.243 e. The van der Waals surface area contributed by atoms with E-state index >= 15 is 0 Å². The average molecular weight is 280 g/mol. The van der Waals surface area contributed by atoms with Crippen molar-refractivity contribution in [2.45, 2.75) is 6.92 Å². The molecule has 0 unspecified atom stereocenters. The van der Waals surface area contributed by atoms with Crippen molar-refractivity contribution in [2.75, 3.05) is 17.2 Å². The molecule has 0 radical (unpaired) electrons. The van der Waals surface area contributed by atoms with Gasteiger partial charge >= 0.3 is 0 Å². The molecule has 3 nitrogen and oxygen atoms in total. The van der Waals surface area contributed by atoms with Gasteiger partial charge in [-0.15, -0.1) is 0 Å². The maximum absolute atomic E-state index is 13.0.